The maximum Gasteiger partial charge on any atom is 0.347 e. The molecule has 2 rings (SSSR count). The Labute approximate surface area is 128 Å². The van der Waals surface area contributed by atoms with Gasteiger partial charge in [0.05, 0.1) is 23.5 Å². The first-order valence-corrected chi connectivity index (χ1v) is 7.62. The summed E-state index contributed by atoms with van der Waals surface area (Å²) in [6, 6.07) is 0. The molecule has 118 valence electrons. The Morgan fingerprint density at radius 3 is 2.43 bits per heavy atom. The molecular weight excluding hydrogens is 292 g/mol. The number of anilines is 1. The fraction of sp³-hybridized carbons (Fsp3) is 0.714. The van der Waals surface area contributed by atoms with Crippen LogP contribution in [0.25, 0.3) is 0 Å². The molecule has 7 heteroatoms. The van der Waals surface area contributed by atoms with E-state index in [2.05, 4.69) is 9.88 Å². The molecule has 6 nitrogen and oxygen atoms in total. The van der Waals surface area contributed by atoms with Crippen molar-refractivity contribution in [3.8, 4) is 0 Å². The topological polar surface area (TPSA) is 71.9 Å². The van der Waals surface area contributed by atoms with E-state index in [0.29, 0.717) is 23.9 Å². The lowest BCUT2D eigenvalue weighted by atomic mass is 9.99. The Morgan fingerprint density at radius 2 is 1.95 bits per heavy atom. The number of carbonyl (C=O) groups is 1. The number of hydrogen-bond donors (Lipinski definition) is 1. The van der Waals surface area contributed by atoms with Gasteiger partial charge in [-0.15, -0.1) is 0 Å². The second-order valence-corrected chi connectivity index (χ2v) is 7.47. The van der Waals surface area contributed by atoms with Crippen molar-refractivity contribution in [2.45, 2.75) is 45.5 Å². The van der Waals surface area contributed by atoms with Crippen molar-refractivity contribution in [2.24, 2.45) is 0 Å². The first-order valence-electron chi connectivity index (χ1n) is 6.81. The Morgan fingerprint density at radius 1 is 1.38 bits per heavy atom. The van der Waals surface area contributed by atoms with Gasteiger partial charge in [0.25, 0.3) is 0 Å². The zero-order valence-electron chi connectivity index (χ0n) is 13.1. The molecule has 1 saturated heterocycles. The van der Waals surface area contributed by atoms with Crippen LogP contribution in [0.4, 0.5) is 5.13 Å². The summed E-state index contributed by atoms with van der Waals surface area (Å²) in [7, 11) is 1.53. The molecule has 1 aromatic rings. The van der Waals surface area contributed by atoms with Crippen LogP contribution in [0.2, 0.25) is 0 Å². The minimum Gasteiger partial charge on any atom is -0.477 e. The van der Waals surface area contributed by atoms with E-state index in [1.807, 2.05) is 27.7 Å². The maximum absolute atomic E-state index is 11.3. The van der Waals surface area contributed by atoms with Gasteiger partial charge in [0.15, 0.2) is 5.13 Å². The Balaban J connectivity index is 2.33. The summed E-state index contributed by atoms with van der Waals surface area (Å²) in [6.07, 6.45) is 0. The first-order chi connectivity index (χ1) is 9.63. The number of methoxy groups -OCH3 is 1. The molecule has 0 saturated carbocycles. The number of aromatic nitrogens is 1. The van der Waals surface area contributed by atoms with Gasteiger partial charge >= 0.3 is 5.97 Å². The molecule has 2 heterocycles. The van der Waals surface area contributed by atoms with Crippen LogP contribution in [0.5, 0.6) is 0 Å². The standard InChI is InChI=1S/C14H22N2O4S/c1-13(2)7-16(8-14(3,4)20-13)12-15-9(6-19-5)10(21-12)11(17)18/h6-8H2,1-5H3,(H,17,18). The van der Waals surface area contributed by atoms with Crippen molar-refractivity contribution in [1.29, 1.82) is 0 Å². The molecule has 1 fully saturated rings. The Bertz CT molecular complexity index is 523. The van der Waals surface area contributed by atoms with Crippen molar-refractivity contribution < 1.29 is 19.4 Å². The van der Waals surface area contributed by atoms with E-state index in [4.69, 9.17) is 9.47 Å². The number of carboxylic acids is 1. The van der Waals surface area contributed by atoms with E-state index in [1.165, 1.54) is 18.4 Å². The lowest BCUT2D eigenvalue weighted by Gasteiger charge is -2.47. The molecule has 0 spiro atoms. The molecule has 0 atom stereocenters. The Kier molecular flexibility index (Phi) is 4.28. The lowest BCUT2D eigenvalue weighted by molar-refractivity contribution is -0.133. The highest BCUT2D eigenvalue weighted by Crippen LogP contribution is 2.34. The number of thiazole rings is 1. The molecule has 0 aromatic carbocycles. The SMILES string of the molecule is COCc1nc(N2CC(C)(C)OC(C)(C)C2)sc1C(=O)O. The average Bonchev–Trinajstić information content (AvgIpc) is 2.69. The summed E-state index contributed by atoms with van der Waals surface area (Å²) >= 11 is 1.20. The highest BCUT2D eigenvalue weighted by Gasteiger charge is 2.39. The van der Waals surface area contributed by atoms with Crippen LogP contribution in [0.1, 0.15) is 43.1 Å². The summed E-state index contributed by atoms with van der Waals surface area (Å²) in [5, 5.41) is 9.99. The minimum atomic E-state index is -0.961. The summed E-state index contributed by atoms with van der Waals surface area (Å²) < 4.78 is 11.1. The first kappa shape index (κ1) is 16.2. The van der Waals surface area contributed by atoms with Crippen molar-refractivity contribution in [2.75, 3.05) is 25.1 Å². The summed E-state index contributed by atoms with van der Waals surface area (Å²) in [5.74, 6) is -0.961. The summed E-state index contributed by atoms with van der Waals surface area (Å²) in [6.45, 7) is 9.68. The number of morpholine rings is 1. The molecule has 1 aromatic heterocycles. The van der Waals surface area contributed by atoms with Crippen LogP contribution in [0, 0.1) is 0 Å². The van der Waals surface area contributed by atoms with Crippen molar-refractivity contribution >= 4 is 22.4 Å². The number of ether oxygens (including phenoxy) is 2. The van der Waals surface area contributed by atoms with E-state index < -0.39 is 5.97 Å². The normalized spacial score (nSPS) is 20.5. The predicted molar refractivity (Wildman–Crippen MR) is 81.2 cm³/mol. The largest absolute Gasteiger partial charge is 0.477 e. The van der Waals surface area contributed by atoms with Gasteiger partial charge in [-0.25, -0.2) is 9.78 Å². The highest BCUT2D eigenvalue weighted by atomic mass is 32.1. The fourth-order valence-corrected chi connectivity index (χ4v) is 3.71. The van der Waals surface area contributed by atoms with Gasteiger partial charge in [0.1, 0.15) is 4.88 Å². The molecule has 1 aliphatic rings. The molecule has 1 N–H and O–H groups in total. The molecule has 0 aliphatic carbocycles. The average molecular weight is 314 g/mol. The van der Waals surface area contributed by atoms with E-state index in [9.17, 15) is 9.90 Å². The molecule has 1 aliphatic heterocycles. The smallest absolute Gasteiger partial charge is 0.347 e. The van der Waals surface area contributed by atoms with Gasteiger partial charge < -0.3 is 19.5 Å². The van der Waals surface area contributed by atoms with Gasteiger partial charge in [0.2, 0.25) is 0 Å². The van der Waals surface area contributed by atoms with Crippen LogP contribution in [-0.4, -0.2) is 47.5 Å². The molecule has 0 radical (unpaired) electrons. The van der Waals surface area contributed by atoms with Gasteiger partial charge in [-0.1, -0.05) is 11.3 Å². The monoisotopic (exact) mass is 314 g/mol. The molecule has 0 amide bonds. The van der Waals surface area contributed by atoms with Gasteiger partial charge in [-0.3, -0.25) is 0 Å². The second kappa shape index (κ2) is 5.55. The maximum atomic E-state index is 11.3. The van der Waals surface area contributed by atoms with E-state index in [1.54, 1.807) is 0 Å². The van der Waals surface area contributed by atoms with E-state index >= 15 is 0 Å². The Hall–Kier alpha value is -1.18. The second-order valence-electron chi connectivity index (χ2n) is 6.49. The molecule has 0 bridgehead atoms. The third-order valence-corrected chi connectivity index (χ3v) is 4.27. The predicted octanol–water partition coefficient (Wildman–Crippen LogP) is 2.38. The highest BCUT2D eigenvalue weighted by molar-refractivity contribution is 7.17. The van der Waals surface area contributed by atoms with Gasteiger partial charge in [-0.2, -0.15) is 0 Å². The number of aromatic carboxylic acids is 1. The van der Waals surface area contributed by atoms with Crippen LogP contribution < -0.4 is 4.90 Å². The van der Waals surface area contributed by atoms with Crippen molar-refractivity contribution in [3.63, 3.8) is 0 Å². The molecular formula is C14H22N2O4S. The number of nitrogens with zero attached hydrogens (tertiary/aromatic N) is 2. The number of rotatable bonds is 4. The zero-order chi connectivity index (χ0) is 15.8. The summed E-state index contributed by atoms with van der Waals surface area (Å²) in [4.78, 5) is 18.1. The van der Waals surface area contributed by atoms with Crippen LogP contribution in [0.3, 0.4) is 0 Å². The zero-order valence-corrected chi connectivity index (χ0v) is 13.9. The third kappa shape index (κ3) is 3.72. The van der Waals surface area contributed by atoms with Gasteiger partial charge in [0, 0.05) is 20.2 Å². The number of carboxylic acid groups (broad SMARTS) is 1. The van der Waals surface area contributed by atoms with E-state index in [-0.39, 0.29) is 22.7 Å². The lowest BCUT2D eigenvalue weighted by Crippen LogP contribution is -2.57. The van der Waals surface area contributed by atoms with Crippen molar-refractivity contribution in [3.05, 3.63) is 10.6 Å². The quantitative estimate of drug-likeness (QED) is 0.920. The van der Waals surface area contributed by atoms with Crippen LogP contribution >= 0.6 is 11.3 Å². The fourth-order valence-electron chi connectivity index (χ4n) is 2.80. The van der Waals surface area contributed by atoms with Crippen molar-refractivity contribution in [1.82, 2.24) is 4.98 Å². The van der Waals surface area contributed by atoms with Gasteiger partial charge in [-0.05, 0) is 27.7 Å². The van der Waals surface area contributed by atoms with Crippen LogP contribution in [-0.2, 0) is 16.1 Å². The molecule has 21 heavy (non-hydrogen) atoms. The minimum absolute atomic E-state index is 0.204. The molecule has 0 unspecified atom stereocenters. The van der Waals surface area contributed by atoms with Crippen LogP contribution in [0.15, 0.2) is 0 Å². The number of hydrogen-bond acceptors (Lipinski definition) is 6. The summed E-state index contributed by atoms with van der Waals surface area (Å²) in [5.41, 5.74) is -0.136. The third-order valence-electron chi connectivity index (χ3n) is 3.13. The van der Waals surface area contributed by atoms with E-state index in [0.717, 1.165) is 0 Å².